The summed E-state index contributed by atoms with van der Waals surface area (Å²) in [5.41, 5.74) is 6.48. The van der Waals surface area contributed by atoms with Crippen molar-refractivity contribution in [3.8, 4) is 11.1 Å². The van der Waals surface area contributed by atoms with Gasteiger partial charge in [-0.2, -0.15) is 18.3 Å². The number of alkyl halides is 3. The Bertz CT molecular complexity index is 1430. The van der Waals surface area contributed by atoms with E-state index in [0.717, 1.165) is 16.2 Å². The van der Waals surface area contributed by atoms with Crippen LogP contribution < -0.4 is 11.1 Å². The Morgan fingerprint density at radius 3 is 2.44 bits per heavy atom. The fourth-order valence-corrected chi connectivity index (χ4v) is 4.82. The van der Waals surface area contributed by atoms with Crippen molar-refractivity contribution in [1.82, 2.24) is 14.8 Å². The van der Waals surface area contributed by atoms with Crippen molar-refractivity contribution in [2.75, 3.05) is 5.32 Å². The number of benzene rings is 1. The molecule has 34 heavy (non-hydrogen) atoms. The molecule has 0 aliphatic carbocycles. The molecule has 0 aliphatic rings. The first-order valence-electron chi connectivity index (χ1n) is 9.86. The molecule has 3 N–H and O–H groups in total. The Morgan fingerprint density at radius 2 is 1.88 bits per heavy atom. The fourth-order valence-electron chi connectivity index (χ4n) is 3.53. The number of hydrogen-bond donors (Lipinski definition) is 2. The molecule has 0 bridgehead atoms. The second-order valence-corrected chi connectivity index (χ2v) is 9.25. The molecule has 0 radical (unpaired) electrons. The van der Waals surface area contributed by atoms with E-state index < -0.39 is 23.7 Å². The van der Waals surface area contributed by atoms with Crippen LogP contribution >= 0.6 is 27.3 Å². The van der Waals surface area contributed by atoms with Gasteiger partial charge in [0.05, 0.1) is 21.5 Å². The molecule has 176 valence electrons. The summed E-state index contributed by atoms with van der Waals surface area (Å²) in [6, 6.07) is 9.25. The third-order valence-corrected chi connectivity index (χ3v) is 7.36. The predicted molar refractivity (Wildman–Crippen MR) is 127 cm³/mol. The van der Waals surface area contributed by atoms with Crippen LogP contribution in [0.15, 0.2) is 40.9 Å². The highest BCUT2D eigenvalue weighted by Gasteiger charge is 2.35. The number of halogens is 4. The zero-order chi connectivity index (χ0) is 24.8. The molecule has 2 amide bonds. The number of nitrogens with zero attached hydrogens (tertiary/aromatic N) is 3. The van der Waals surface area contributed by atoms with Gasteiger partial charge in [-0.1, -0.05) is 30.3 Å². The number of nitrogens with one attached hydrogen (secondary N) is 1. The second kappa shape index (κ2) is 8.84. The molecule has 4 rings (SSSR count). The van der Waals surface area contributed by atoms with Crippen LogP contribution in [0.3, 0.4) is 0 Å². The number of pyridine rings is 1. The zero-order valence-corrected chi connectivity index (χ0v) is 20.2. The first-order valence-corrected chi connectivity index (χ1v) is 11.5. The van der Waals surface area contributed by atoms with Gasteiger partial charge >= 0.3 is 6.18 Å². The Morgan fingerprint density at radius 1 is 1.21 bits per heavy atom. The fraction of sp³-hybridized carbons (Fsp3) is 0.182. The van der Waals surface area contributed by atoms with Crippen LogP contribution in [0, 0.1) is 13.8 Å². The highest BCUT2D eigenvalue weighted by Crippen LogP contribution is 2.43. The maximum Gasteiger partial charge on any atom is 0.433 e. The molecule has 0 saturated heterocycles. The minimum atomic E-state index is -4.71. The lowest BCUT2D eigenvalue weighted by molar-refractivity contribution is -0.140. The molecule has 0 spiro atoms. The van der Waals surface area contributed by atoms with E-state index in [4.69, 9.17) is 5.73 Å². The summed E-state index contributed by atoms with van der Waals surface area (Å²) in [5.74, 6) is -1.42. The number of rotatable bonds is 5. The van der Waals surface area contributed by atoms with Crippen molar-refractivity contribution in [3.05, 3.63) is 62.8 Å². The minimum Gasteiger partial charge on any atom is -0.365 e. The first kappa shape index (κ1) is 23.9. The number of nitrogens with two attached hydrogens (primary N) is 1. The number of aromatic nitrogens is 3. The van der Waals surface area contributed by atoms with Crippen molar-refractivity contribution < 1.29 is 22.8 Å². The topological polar surface area (TPSA) is 103 Å². The van der Waals surface area contributed by atoms with E-state index in [1.165, 1.54) is 4.68 Å². The highest BCUT2D eigenvalue weighted by molar-refractivity contribution is 9.10. The Balaban J connectivity index is 1.88. The van der Waals surface area contributed by atoms with E-state index in [2.05, 4.69) is 31.3 Å². The molecule has 0 aliphatic heterocycles. The van der Waals surface area contributed by atoms with E-state index in [-0.39, 0.29) is 32.9 Å². The van der Waals surface area contributed by atoms with Gasteiger partial charge in [-0.05, 0) is 47.0 Å². The zero-order valence-electron chi connectivity index (χ0n) is 17.8. The van der Waals surface area contributed by atoms with Crippen LogP contribution in [0.5, 0.6) is 0 Å². The minimum absolute atomic E-state index is 0.0261. The van der Waals surface area contributed by atoms with Crippen molar-refractivity contribution in [2.24, 2.45) is 5.73 Å². The molecule has 0 unspecified atom stereocenters. The molecule has 1 aromatic carbocycles. The monoisotopic (exact) mass is 551 g/mol. The number of fused-ring (bicyclic) bond motifs is 1. The van der Waals surface area contributed by atoms with E-state index in [0.29, 0.717) is 22.6 Å². The predicted octanol–water partition coefficient (Wildman–Crippen LogP) is 5.30. The number of hydrogen-bond acceptors (Lipinski definition) is 5. The van der Waals surface area contributed by atoms with Crippen LogP contribution in [0.1, 0.15) is 26.8 Å². The van der Waals surface area contributed by atoms with Crippen molar-refractivity contribution in [3.63, 3.8) is 0 Å². The molecular formula is C22H17BrF3N5O2S. The van der Waals surface area contributed by atoms with Gasteiger partial charge in [0.25, 0.3) is 5.91 Å². The van der Waals surface area contributed by atoms with Crippen molar-refractivity contribution in [1.29, 1.82) is 0 Å². The van der Waals surface area contributed by atoms with Gasteiger partial charge in [-0.3, -0.25) is 14.3 Å². The average Bonchev–Trinajstić information content (AvgIpc) is 3.26. The summed E-state index contributed by atoms with van der Waals surface area (Å²) in [7, 11) is 0. The number of carbonyl (C=O) groups is 2. The Kier molecular flexibility index (Phi) is 6.21. The van der Waals surface area contributed by atoms with E-state index in [1.807, 2.05) is 0 Å². The van der Waals surface area contributed by atoms with Crippen LogP contribution in [-0.2, 0) is 17.5 Å². The summed E-state index contributed by atoms with van der Waals surface area (Å²) < 4.78 is 42.9. The number of carbonyl (C=O) groups excluding carboxylic acids is 2. The van der Waals surface area contributed by atoms with Crippen molar-refractivity contribution >= 4 is 55.0 Å². The summed E-state index contributed by atoms with van der Waals surface area (Å²) in [6.07, 6.45) is -4.71. The van der Waals surface area contributed by atoms with Crippen LogP contribution in [0.2, 0.25) is 0 Å². The van der Waals surface area contributed by atoms with Gasteiger partial charge in [-0.25, -0.2) is 4.98 Å². The summed E-state index contributed by atoms with van der Waals surface area (Å²) in [4.78, 5) is 28.6. The first-order chi connectivity index (χ1) is 16.0. The quantitative estimate of drug-likeness (QED) is 0.351. The lowest BCUT2D eigenvalue weighted by Crippen LogP contribution is -2.22. The SMILES string of the molecule is Cc1nn(CC(=O)Nc2c(C(N)=O)sc3nc(C(F)(F)F)cc(-c4ccccc4)c23)c(C)c1Br. The van der Waals surface area contributed by atoms with Gasteiger partial charge in [0.2, 0.25) is 5.91 Å². The molecule has 3 heterocycles. The van der Waals surface area contributed by atoms with E-state index >= 15 is 0 Å². The second-order valence-electron chi connectivity index (χ2n) is 7.46. The summed E-state index contributed by atoms with van der Waals surface area (Å²) >= 11 is 4.10. The highest BCUT2D eigenvalue weighted by atomic mass is 79.9. The van der Waals surface area contributed by atoms with Gasteiger partial charge in [-0.15, -0.1) is 11.3 Å². The lowest BCUT2D eigenvalue weighted by atomic mass is 10.0. The summed E-state index contributed by atoms with van der Waals surface area (Å²) in [5, 5.41) is 7.16. The number of thiophene rings is 1. The van der Waals surface area contributed by atoms with Gasteiger partial charge < -0.3 is 11.1 Å². The molecular weight excluding hydrogens is 535 g/mol. The molecule has 0 fully saturated rings. The standard InChI is InChI=1S/C22H17BrF3N5O2S/c1-10-17(23)11(2)31(30-10)9-15(32)29-18-16-13(12-6-4-3-5-7-12)8-14(22(24,25)26)28-21(16)34-19(18)20(27)33/h3-8H,9H2,1-2H3,(H2,27,33)(H,29,32). The van der Waals surface area contributed by atoms with Gasteiger partial charge in [0, 0.05) is 5.39 Å². The third kappa shape index (κ3) is 4.42. The molecule has 7 nitrogen and oxygen atoms in total. The largest absolute Gasteiger partial charge is 0.433 e. The van der Waals surface area contributed by atoms with Crippen LogP contribution in [-0.4, -0.2) is 26.6 Å². The smallest absolute Gasteiger partial charge is 0.365 e. The number of anilines is 1. The van der Waals surface area contributed by atoms with Gasteiger partial charge in [0.15, 0.2) is 0 Å². The molecule has 0 atom stereocenters. The van der Waals surface area contributed by atoms with Crippen LogP contribution in [0.4, 0.5) is 18.9 Å². The van der Waals surface area contributed by atoms with Gasteiger partial charge in [0.1, 0.15) is 21.9 Å². The molecule has 12 heteroatoms. The maximum absolute atomic E-state index is 13.6. The number of amides is 2. The molecule has 3 aromatic heterocycles. The maximum atomic E-state index is 13.6. The number of aryl methyl sites for hydroxylation is 1. The number of primary amides is 1. The van der Waals surface area contributed by atoms with Crippen molar-refractivity contribution in [2.45, 2.75) is 26.6 Å². The Labute approximate surface area is 203 Å². The average molecular weight is 552 g/mol. The molecule has 0 saturated carbocycles. The third-order valence-electron chi connectivity index (χ3n) is 5.11. The lowest BCUT2D eigenvalue weighted by Gasteiger charge is -2.12. The summed E-state index contributed by atoms with van der Waals surface area (Å²) in [6.45, 7) is 3.38. The van der Waals surface area contributed by atoms with E-state index in [1.54, 1.807) is 44.2 Å². The van der Waals surface area contributed by atoms with E-state index in [9.17, 15) is 22.8 Å². The Hall–Kier alpha value is -3.25. The molecule has 4 aromatic rings. The van der Waals surface area contributed by atoms with Crippen LogP contribution in [0.25, 0.3) is 21.3 Å². The normalized spacial score (nSPS) is 11.7.